The van der Waals surface area contributed by atoms with Crippen LogP contribution in [0.5, 0.6) is 0 Å². The highest BCUT2D eigenvalue weighted by Crippen LogP contribution is 2.23. The van der Waals surface area contributed by atoms with Gasteiger partial charge in [-0.2, -0.15) is 5.10 Å². The summed E-state index contributed by atoms with van der Waals surface area (Å²) in [6.07, 6.45) is 5.00. The van der Waals surface area contributed by atoms with Crippen molar-refractivity contribution in [3.8, 4) is 0 Å². The van der Waals surface area contributed by atoms with E-state index in [4.69, 9.17) is 0 Å². The molecule has 27 heavy (non-hydrogen) atoms. The zero-order valence-electron chi connectivity index (χ0n) is 15.8. The molecular formula is C19H25N5O3. The van der Waals surface area contributed by atoms with E-state index in [1.165, 1.54) is 36.1 Å². The summed E-state index contributed by atoms with van der Waals surface area (Å²) in [4.78, 5) is 25.3. The molecule has 2 heterocycles. The Labute approximate surface area is 158 Å². The molecule has 8 nitrogen and oxygen atoms in total. The quantitative estimate of drug-likeness (QED) is 0.642. The van der Waals surface area contributed by atoms with E-state index in [0.717, 1.165) is 13.1 Å². The number of hydrogen-bond acceptors (Lipinski definition) is 5. The first-order valence-corrected chi connectivity index (χ1v) is 9.29. The van der Waals surface area contributed by atoms with Crippen molar-refractivity contribution in [2.24, 2.45) is 0 Å². The molecule has 1 saturated heterocycles. The molecule has 0 atom stereocenters. The number of benzene rings is 1. The van der Waals surface area contributed by atoms with E-state index in [0.29, 0.717) is 17.1 Å². The molecule has 144 valence electrons. The van der Waals surface area contributed by atoms with Gasteiger partial charge in [0.25, 0.3) is 0 Å². The van der Waals surface area contributed by atoms with Crippen LogP contribution in [0, 0.1) is 24.0 Å². The minimum absolute atomic E-state index is 0.0374. The van der Waals surface area contributed by atoms with E-state index in [1.807, 2.05) is 24.3 Å². The Kier molecular flexibility index (Phi) is 5.73. The zero-order valence-corrected chi connectivity index (χ0v) is 15.8. The highest BCUT2D eigenvalue weighted by Gasteiger charge is 2.22. The predicted molar refractivity (Wildman–Crippen MR) is 104 cm³/mol. The minimum Gasteiger partial charge on any atom is -0.372 e. The smallest absolute Gasteiger partial charge is 0.312 e. The molecular weight excluding hydrogens is 346 g/mol. The minimum atomic E-state index is -0.465. The first kappa shape index (κ1) is 18.9. The van der Waals surface area contributed by atoms with Crippen LogP contribution in [0.3, 0.4) is 0 Å². The van der Waals surface area contributed by atoms with Gasteiger partial charge >= 0.3 is 5.69 Å². The molecule has 1 aromatic heterocycles. The Hall–Kier alpha value is -2.90. The number of nitrogens with one attached hydrogen (secondary N) is 1. The van der Waals surface area contributed by atoms with Crippen molar-refractivity contribution in [2.75, 3.05) is 23.3 Å². The fraction of sp³-hybridized carbons (Fsp3) is 0.474. The molecule has 0 spiro atoms. The molecule has 1 fully saturated rings. The van der Waals surface area contributed by atoms with Gasteiger partial charge in [-0.25, -0.2) is 0 Å². The van der Waals surface area contributed by atoms with Crippen LogP contribution in [-0.2, 0) is 11.3 Å². The number of anilines is 2. The molecule has 8 heteroatoms. The molecule has 1 aromatic carbocycles. The van der Waals surface area contributed by atoms with E-state index < -0.39 is 4.92 Å². The summed E-state index contributed by atoms with van der Waals surface area (Å²) in [5, 5.41) is 18.0. The highest BCUT2D eigenvalue weighted by atomic mass is 16.6. The average Bonchev–Trinajstić information content (AvgIpc) is 2.81. The largest absolute Gasteiger partial charge is 0.372 e. The summed E-state index contributed by atoms with van der Waals surface area (Å²) in [7, 11) is 0. The first-order valence-electron chi connectivity index (χ1n) is 9.29. The molecule has 1 aliphatic heterocycles. The first-order chi connectivity index (χ1) is 13.0. The third kappa shape index (κ3) is 4.45. The van der Waals surface area contributed by atoms with Gasteiger partial charge in [-0.05, 0) is 51.0 Å². The number of nitro groups is 1. The van der Waals surface area contributed by atoms with Crippen molar-refractivity contribution in [2.45, 2.75) is 46.1 Å². The average molecular weight is 371 g/mol. The van der Waals surface area contributed by atoms with Crippen molar-refractivity contribution < 1.29 is 9.72 Å². The second-order valence-corrected chi connectivity index (χ2v) is 6.93. The van der Waals surface area contributed by atoms with Crippen molar-refractivity contribution in [1.82, 2.24) is 9.78 Å². The van der Waals surface area contributed by atoms with Gasteiger partial charge < -0.3 is 10.2 Å². The van der Waals surface area contributed by atoms with Crippen LogP contribution in [0.4, 0.5) is 17.1 Å². The Bertz CT molecular complexity index is 821. The predicted octanol–water partition coefficient (Wildman–Crippen LogP) is 3.43. The Morgan fingerprint density at radius 1 is 1.15 bits per heavy atom. The van der Waals surface area contributed by atoms with Gasteiger partial charge in [0.05, 0.1) is 4.92 Å². The van der Waals surface area contributed by atoms with Gasteiger partial charge in [-0.15, -0.1) is 0 Å². The van der Waals surface area contributed by atoms with E-state index in [-0.39, 0.29) is 18.1 Å². The summed E-state index contributed by atoms with van der Waals surface area (Å²) in [6, 6.07) is 7.83. The maximum Gasteiger partial charge on any atom is 0.312 e. The van der Waals surface area contributed by atoms with Crippen LogP contribution in [-0.4, -0.2) is 33.7 Å². The third-order valence-electron chi connectivity index (χ3n) is 4.94. The van der Waals surface area contributed by atoms with Crippen molar-refractivity contribution in [1.29, 1.82) is 0 Å². The number of rotatable bonds is 5. The Morgan fingerprint density at radius 3 is 2.33 bits per heavy atom. The van der Waals surface area contributed by atoms with Crippen LogP contribution in [0.1, 0.15) is 37.1 Å². The third-order valence-corrected chi connectivity index (χ3v) is 4.94. The summed E-state index contributed by atoms with van der Waals surface area (Å²) >= 11 is 0. The van der Waals surface area contributed by atoms with Crippen LogP contribution < -0.4 is 10.2 Å². The number of nitrogens with zero attached hydrogens (tertiary/aromatic N) is 4. The Morgan fingerprint density at radius 2 is 1.78 bits per heavy atom. The lowest BCUT2D eigenvalue weighted by atomic mass is 10.2. The monoisotopic (exact) mass is 371 g/mol. The van der Waals surface area contributed by atoms with Gasteiger partial charge in [0.2, 0.25) is 5.91 Å². The molecule has 1 aliphatic rings. The SMILES string of the molecule is Cc1nn(CC(=O)Nc2ccc(N3CCCCCC3)cc2)c(C)c1[N+](=O)[O-]. The number of carbonyl (C=O) groups excluding carboxylic acids is 1. The number of hydrogen-bond donors (Lipinski definition) is 1. The van der Waals surface area contributed by atoms with Crippen LogP contribution in [0.15, 0.2) is 24.3 Å². The fourth-order valence-electron chi connectivity index (χ4n) is 3.53. The second kappa shape index (κ2) is 8.20. The molecule has 1 N–H and O–H groups in total. The van der Waals surface area contributed by atoms with Gasteiger partial charge in [-0.3, -0.25) is 19.6 Å². The van der Waals surface area contributed by atoms with Gasteiger partial charge in [-0.1, -0.05) is 12.8 Å². The summed E-state index contributed by atoms with van der Waals surface area (Å²) < 4.78 is 1.37. The van der Waals surface area contributed by atoms with Crippen LogP contribution in [0.25, 0.3) is 0 Å². The maximum absolute atomic E-state index is 12.3. The lowest BCUT2D eigenvalue weighted by Gasteiger charge is -2.22. The van der Waals surface area contributed by atoms with E-state index in [2.05, 4.69) is 15.3 Å². The standard InChI is InChI=1S/C19H25N5O3/c1-14-19(24(26)27)15(2)23(21-14)13-18(25)20-16-7-9-17(10-8-16)22-11-5-3-4-6-12-22/h7-10H,3-6,11-13H2,1-2H3,(H,20,25). The lowest BCUT2D eigenvalue weighted by molar-refractivity contribution is -0.386. The normalized spacial score (nSPS) is 14.7. The second-order valence-electron chi connectivity index (χ2n) is 6.93. The highest BCUT2D eigenvalue weighted by molar-refractivity contribution is 5.90. The molecule has 0 saturated carbocycles. The topological polar surface area (TPSA) is 93.3 Å². The number of aryl methyl sites for hydroxylation is 1. The molecule has 0 aliphatic carbocycles. The zero-order chi connectivity index (χ0) is 19.4. The molecule has 2 aromatic rings. The molecule has 3 rings (SSSR count). The molecule has 0 unspecified atom stereocenters. The van der Waals surface area contributed by atoms with Crippen LogP contribution in [0.2, 0.25) is 0 Å². The van der Waals surface area contributed by atoms with E-state index >= 15 is 0 Å². The Balaban J connectivity index is 1.63. The molecule has 0 radical (unpaired) electrons. The van der Waals surface area contributed by atoms with Crippen molar-refractivity contribution in [3.63, 3.8) is 0 Å². The number of amides is 1. The van der Waals surface area contributed by atoms with Crippen molar-refractivity contribution >= 4 is 23.0 Å². The lowest BCUT2D eigenvalue weighted by Crippen LogP contribution is -2.24. The van der Waals surface area contributed by atoms with E-state index in [9.17, 15) is 14.9 Å². The molecule has 0 bridgehead atoms. The summed E-state index contributed by atoms with van der Waals surface area (Å²) in [5.41, 5.74) is 2.53. The van der Waals surface area contributed by atoms with Gasteiger partial charge in [0.15, 0.2) is 0 Å². The van der Waals surface area contributed by atoms with Crippen LogP contribution >= 0.6 is 0 Å². The molecule has 1 amide bonds. The number of aromatic nitrogens is 2. The fourth-order valence-corrected chi connectivity index (χ4v) is 3.53. The summed E-state index contributed by atoms with van der Waals surface area (Å²) in [6.45, 7) is 5.25. The van der Waals surface area contributed by atoms with Crippen molar-refractivity contribution in [3.05, 3.63) is 45.8 Å². The van der Waals surface area contributed by atoms with Gasteiger partial charge in [0.1, 0.15) is 17.9 Å². The number of carbonyl (C=O) groups is 1. The maximum atomic E-state index is 12.3. The van der Waals surface area contributed by atoms with Gasteiger partial charge in [0, 0.05) is 24.5 Å². The van der Waals surface area contributed by atoms with E-state index in [1.54, 1.807) is 13.8 Å². The summed E-state index contributed by atoms with van der Waals surface area (Å²) in [5.74, 6) is -0.266.